The maximum absolute atomic E-state index is 13.5. The monoisotopic (exact) mass is 454 g/mol. The molecule has 3 rings (SSSR count). The van der Waals surface area contributed by atoms with Crippen molar-refractivity contribution in [2.24, 2.45) is 0 Å². The molecule has 0 aromatic heterocycles. The molecular formula is C23H35ClN2O3S. The summed E-state index contributed by atoms with van der Waals surface area (Å²) in [6, 6.07) is 7.81. The van der Waals surface area contributed by atoms with Crippen LogP contribution in [0.25, 0.3) is 0 Å². The van der Waals surface area contributed by atoms with Crippen LogP contribution in [0.3, 0.4) is 0 Å². The highest BCUT2D eigenvalue weighted by Gasteiger charge is 2.39. The summed E-state index contributed by atoms with van der Waals surface area (Å²) < 4.78 is 24.2. The van der Waals surface area contributed by atoms with Crippen LogP contribution in [-0.2, 0) is 20.2 Å². The Morgan fingerprint density at radius 1 is 1.07 bits per heavy atom. The van der Waals surface area contributed by atoms with Crippen molar-refractivity contribution in [2.45, 2.75) is 82.8 Å². The predicted molar refractivity (Wildman–Crippen MR) is 122 cm³/mol. The van der Waals surface area contributed by atoms with Gasteiger partial charge in [0.2, 0.25) is 5.91 Å². The van der Waals surface area contributed by atoms with Crippen molar-refractivity contribution in [1.82, 2.24) is 10.2 Å². The summed E-state index contributed by atoms with van der Waals surface area (Å²) in [6.07, 6.45) is 7.64. The fourth-order valence-electron chi connectivity index (χ4n) is 5.17. The number of rotatable bonds is 8. The molecule has 1 aliphatic heterocycles. The zero-order valence-electron chi connectivity index (χ0n) is 18.2. The molecule has 1 N–H and O–H groups in total. The number of hydrogen-bond donors (Lipinski definition) is 1. The van der Waals surface area contributed by atoms with Crippen molar-refractivity contribution >= 4 is 27.3 Å². The lowest BCUT2D eigenvalue weighted by atomic mass is 9.84. The van der Waals surface area contributed by atoms with Crippen LogP contribution in [0.1, 0.15) is 70.8 Å². The standard InChI is InChI=1S/C23H35ClN2O3S/c1-3-23(4-2,18-10-12-19(24)13-11-18)25-16-22(27)26(20-8-6-5-7-9-20)21-14-15-30(28,29)17-21/h10-13,20-21,25H,3-9,14-17H2,1-2H3. The van der Waals surface area contributed by atoms with Crippen molar-refractivity contribution < 1.29 is 13.2 Å². The van der Waals surface area contributed by atoms with Gasteiger partial charge in [0.05, 0.1) is 18.1 Å². The first-order valence-corrected chi connectivity index (χ1v) is 13.5. The zero-order valence-corrected chi connectivity index (χ0v) is 19.8. The Balaban J connectivity index is 1.77. The highest BCUT2D eigenvalue weighted by atomic mass is 35.5. The van der Waals surface area contributed by atoms with E-state index in [1.165, 1.54) is 6.42 Å². The number of benzene rings is 1. The molecule has 5 nitrogen and oxygen atoms in total. The molecule has 1 aromatic carbocycles. The Bertz CT molecular complexity index is 815. The van der Waals surface area contributed by atoms with Gasteiger partial charge in [-0.15, -0.1) is 0 Å². The number of nitrogens with zero attached hydrogens (tertiary/aromatic N) is 1. The largest absolute Gasteiger partial charge is 0.335 e. The minimum atomic E-state index is -3.04. The van der Waals surface area contributed by atoms with E-state index in [1.807, 2.05) is 29.2 Å². The van der Waals surface area contributed by atoms with Crippen molar-refractivity contribution in [3.63, 3.8) is 0 Å². The van der Waals surface area contributed by atoms with E-state index in [0.29, 0.717) is 11.4 Å². The van der Waals surface area contributed by atoms with Gasteiger partial charge in [-0.2, -0.15) is 0 Å². The second-order valence-corrected chi connectivity index (χ2v) is 11.5. The van der Waals surface area contributed by atoms with Gasteiger partial charge in [-0.3, -0.25) is 10.1 Å². The molecule has 1 aromatic rings. The summed E-state index contributed by atoms with van der Waals surface area (Å²) in [5, 5.41) is 4.24. The predicted octanol–water partition coefficient (Wildman–Crippen LogP) is 4.29. The first-order chi connectivity index (χ1) is 14.3. The maximum atomic E-state index is 13.5. The summed E-state index contributed by atoms with van der Waals surface area (Å²) in [5.74, 6) is 0.337. The lowest BCUT2D eigenvalue weighted by molar-refractivity contribution is -0.136. The number of hydrogen-bond acceptors (Lipinski definition) is 4. The topological polar surface area (TPSA) is 66.5 Å². The van der Waals surface area contributed by atoms with Gasteiger partial charge in [0.1, 0.15) is 0 Å². The van der Waals surface area contributed by atoms with Gasteiger partial charge < -0.3 is 4.90 Å². The van der Waals surface area contributed by atoms with E-state index >= 15 is 0 Å². The highest BCUT2D eigenvalue weighted by molar-refractivity contribution is 7.91. The van der Waals surface area contributed by atoms with Crippen molar-refractivity contribution in [1.29, 1.82) is 0 Å². The number of carbonyl (C=O) groups excluding carboxylic acids is 1. The molecule has 30 heavy (non-hydrogen) atoms. The molecule has 1 atom stereocenters. The summed E-state index contributed by atoms with van der Waals surface area (Å²) in [5.41, 5.74) is 0.817. The lowest BCUT2D eigenvalue weighted by Crippen LogP contribution is -2.54. The van der Waals surface area contributed by atoms with Gasteiger partial charge in [0.15, 0.2) is 9.84 Å². The molecule has 0 bridgehead atoms. The molecule has 0 radical (unpaired) electrons. The highest BCUT2D eigenvalue weighted by Crippen LogP contribution is 2.31. The Morgan fingerprint density at radius 3 is 2.23 bits per heavy atom. The van der Waals surface area contributed by atoms with Gasteiger partial charge in [-0.05, 0) is 49.8 Å². The molecule has 1 heterocycles. The Morgan fingerprint density at radius 2 is 1.70 bits per heavy atom. The van der Waals surface area contributed by atoms with Crippen LogP contribution in [0.5, 0.6) is 0 Å². The third-order valence-corrected chi connectivity index (χ3v) is 9.04. The fraction of sp³-hybridized carbons (Fsp3) is 0.696. The van der Waals surface area contributed by atoms with Crippen molar-refractivity contribution in [3.8, 4) is 0 Å². The van der Waals surface area contributed by atoms with Gasteiger partial charge >= 0.3 is 0 Å². The molecule has 1 unspecified atom stereocenters. The van der Waals surface area contributed by atoms with Crippen molar-refractivity contribution in [2.75, 3.05) is 18.1 Å². The molecule has 168 valence electrons. The smallest absolute Gasteiger partial charge is 0.237 e. The van der Waals surface area contributed by atoms with Crippen LogP contribution in [0.4, 0.5) is 0 Å². The van der Waals surface area contributed by atoms with Crippen LogP contribution < -0.4 is 5.32 Å². The summed E-state index contributed by atoms with van der Waals surface area (Å²) in [4.78, 5) is 15.4. The summed E-state index contributed by atoms with van der Waals surface area (Å²) in [7, 11) is -3.04. The van der Waals surface area contributed by atoms with E-state index in [0.717, 1.165) is 44.1 Å². The molecule has 1 aliphatic carbocycles. The molecule has 2 fully saturated rings. The van der Waals surface area contributed by atoms with E-state index < -0.39 is 9.84 Å². The Kier molecular flexibility index (Phi) is 7.86. The third-order valence-electron chi connectivity index (χ3n) is 7.04. The van der Waals surface area contributed by atoms with E-state index in [-0.39, 0.29) is 41.6 Å². The van der Waals surface area contributed by atoms with Crippen LogP contribution in [-0.4, -0.2) is 49.4 Å². The summed E-state index contributed by atoms with van der Waals surface area (Å²) in [6.45, 7) is 4.47. The number of carbonyl (C=O) groups is 1. The molecule has 1 saturated carbocycles. The van der Waals surface area contributed by atoms with E-state index in [9.17, 15) is 13.2 Å². The van der Waals surface area contributed by atoms with Gasteiger partial charge in [0, 0.05) is 22.6 Å². The quantitative estimate of drug-likeness (QED) is 0.636. The van der Waals surface area contributed by atoms with E-state index in [1.54, 1.807) is 0 Å². The van der Waals surface area contributed by atoms with Crippen LogP contribution in [0, 0.1) is 0 Å². The molecule has 1 amide bonds. The average molecular weight is 455 g/mol. The van der Waals surface area contributed by atoms with Gasteiger partial charge in [-0.25, -0.2) is 8.42 Å². The molecule has 7 heteroatoms. The van der Waals surface area contributed by atoms with Crippen LogP contribution in [0.2, 0.25) is 5.02 Å². The first kappa shape index (κ1) is 23.6. The third kappa shape index (κ3) is 5.38. The fourth-order valence-corrected chi connectivity index (χ4v) is 7.01. The van der Waals surface area contributed by atoms with Crippen molar-refractivity contribution in [3.05, 3.63) is 34.9 Å². The van der Waals surface area contributed by atoms with Gasteiger partial charge in [0.25, 0.3) is 0 Å². The minimum Gasteiger partial charge on any atom is -0.335 e. The number of amides is 1. The van der Waals surface area contributed by atoms with Crippen LogP contribution in [0.15, 0.2) is 24.3 Å². The lowest BCUT2D eigenvalue weighted by Gasteiger charge is -2.40. The molecule has 0 spiro atoms. The Labute approximate surface area is 186 Å². The SMILES string of the molecule is CCC(CC)(NCC(=O)N(C1CCCCC1)C1CCS(=O)(=O)C1)c1ccc(Cl)cc1. The summed E-state index contributed by atoms with van der Waals surface area (Å²) >= 11 is 6.07. The van der Waals surface area contributed by atoms with E-state index in [2.05, 4.69) is 19.2 Å². The second kappa shape index (κ2) is 10.0. The number of nitrogens with one attached hydrogen (secondary N) is 1. The van der Waals surface area contributed by atoms with Crippen LogP contribution >= 0.6 is 11.6 Å². The number of sulfone groups is 1. The van der Waals surface area contributed by atoms with Gasteiger partial charge in [-0.1, -0.05) is 56.8 Å². The normalized spacial score (nSPS) is 22.2. The second-order valence-electron chi connectivity index (χ2n) is 8.80. The number of halogens is 1. The first-order valence-electron chi connectivity index (χ1n) is 11.3. The zero-order chi connectivity index (χ0) is 21.8. The van der Waals surface area contributed by atoms with E-state index in [4.69, 9.17) is 11.6 Å². The molecule has 2 aliphatic rings. The minimum absolute atomic E-state index is 0.0317. The maximum Gasteiger partial charge on any atom is 0.237 e. The Hall–Kier alpha value is -1.11. The average Bonchev–Trinajstić information content (AvgIpc) is 3.10. The molecular weight excluding hydrogens is 420 g/mol. The molecule has 1 saturated heterocycles.